The molecule has 0 N–H and O–H groups in total. The van der Waals surface area contributed by atoms with Crippen LogP contribution in [-0.4, -0.2) is 47.3 Å². The third-order valence-corrected chi connectivity index (χ3v) is 5.31. The lowest BCUT2D eigenvalue weighted by molar-refractivity contribution is 0.0216. The molecule has 1 amide bonds. The number of rotatable bonds is 1. The van der Waals surface area contributed by atoms with E-state index in [-0.39, 0.29) is 12.1 Å². The van der Waals surface area contributed by atoms with E-state index in [0.717, 1.165) is 15.6 Å². The number of fused-ring (bicyclic) bond motifs is 1. The zero-order valence-corrected chi connectivity index (χ0v) is 17.9. The summed E-state index contributed by atoms with van der Waals surface area (Å²) in [7, 11) is 0. The highest BCUT2D eigenvalue weighted by molar-refractivity contribution is 9.10. The van der Waals surface area contributed by atoms with Crippen LogP contribution >= 0.6 is 27.5 Å². The number of piperazine rings is 1. The average molecular weight is 445 g/mol. The Balaban J connectivity index is 1.80. The average Bonchev–Trinajstić information content (AvgIpc) is 2.96. The number of hydrogen-bond donors (Lipinski definition) is 0. The normalized spacial score (nSPS) is 18.5. The lowest BCUT2D eigenvalue weighted by Gasteiger charge is -2.39. The standard InChI is InChI=1S/C18H23BrClN3O3/c1-10-9-22(17(24)26-18(3,4)5)6-7-23(10)16-21-14-11(2)13(20)8-12(19)15(14)25-16/h8,10H,6-7,9H2,1-5H3/t10-/m0/s1. The summed E-state index contributed by atoms with van der Waals surface area (Å²) < 4.78 is 12.2. The molecule has 1 aliphatic rings. The molecule has 2 aromatic rings. The molecule has 3 rings (SSSR count). The van der Waals surface area contributed by atoms with Gasteiger partial charge in [0.1, 0.15) is 11.1 Å². The number of benzene rings is 1. The fraction of sp³-hybridized carbons (Fsp3) is 0.556. The highest BCUT2D eigenvalue weighted by atomic mass is 79.9. The molecule has 1 aromatic carbocycles. The Morgan fingerprint density at radius 1 is 1.42 bits per heavy atom. The molecule has 6 nitrogen and oxygen atoms in total. The van der Waals surface area contributed by atoms with E-state index in [1.807, 2.05) is 40.7 Å². The number of anilines is 1. The molecule has 1 aromatic heterocycles. The van der Waals surface area contributed by atoms with Gasteiger partial charge < -0.3 is 19.0 Å². The number of ether oxygens (including phenoxy) is 1. The van der Waals surface area contributed by atoms with Gasteiger partial charge in [-0.15, -0.1) is 0 Å². The minimum absolute atomic E-state index is 0.0545. The van der Waals surface area contributed by atoms with E-state index in [4.69, 9.17) is 20.8 Å². The highest BCUT2D eigenvalue weighted by Gasteiger charge is 2.32. The number of hydrogen-bond acceptors (Lipinski definition) is 5. The maximum Gasteiger partial charge on any atom is 0.410 e. The van der Waals surface area contributed by atoms with E-state index in [1.165, 1.54) is 0 Å². The highest BCUT2D eigenvalue weighted by Crippen LogP contribution is 2.35. The van der Waals surface area contributed by atoms with Crippen LogP contribution in [0.2, 0.25) is 5.02 Å². The molecule has 0 bridgehead atoms. The number of aromatic nitrogens is 1. The molecule has 26 heavy (non-hydrogen) atoms. The maximum absolute atomic E-state index is 12.3. The summed E-state index contributed by atoms with van der Waals surface area (Å²) in [5, 5.41) is 0.645. The van der Waals surface area contributed by atoms with Gasteiger partial charge in [0.25, 0.3) is 6.01 Å². The quantitative estimate of drug-likeness (QED) is 0.619. The largest absolute Gasteiger partial charge is 0.444 e. The molecule has 142 valence electrons. The molecule has 1 fully saturated rings. The number of nitrogens with zero attached hydrogens (tertiary/aromatic N) is 3. The second kappa shape index (κ2) is 6.93. The van der Waals surface area contributed by atoms with Crippen molar-refractivity contribution in [1.82, 2.24) is 9.88 Å². The monoisotopic (exact) mass is 443 g/mol. The molecule has 0 aliphatic carbocycles. The molecular formula is C18H23BrClN3O3. The third kappa shape index (κ3) is 3.78. The molecule has 1 atom stereocenters. The summed E-state index contributed by atoms with van der Waals surface area (Å²) in [5.41, 5.74) is 1.82. The zero-order valence-electron chi connectivity index (χ0n) is 15.6. The fourth-order valence-electron chi connectivity index (χ4n) is 2.98. The van der Waals surface area contributed by atoms with Crippen LogP contribution in [0.25, 0.3) is 11.1 Å². The summed E-state index contributed by atoms with van der Waals surface area (Å²) in [6, 6.07) is 2.42. The maximum atomic E-state index is 12.3. The van der Waals surface area contributed by atoms with Gasteiger partial charge in [-0.2, -0.15) is 4.98 Å². The smallest absolute Gasteiger partial charge is 0.410 e. The first-order valence-corrected chi connectivity index (χ1v) is 9.73. The Labute approximate surface area is 166 Å². The van der Waals surface area contributed by atoms with E-state index >= 15 is 0 Å². The molecule has 1 aliphatic heterocycles. The van der Waals surface area contributed by atoms with Crippen LogP contribution in [0.4, 0.5) is 10.8 Å². The van der Waals surface area contributed by atoms with Crippen molar-refractivity contribution >= 4 is 50.7 Å². The van der Waals surface area contributed by atoms with Gasteiger partial charge in [-0.1, -0.05) is 11.6 Å². The molecule has 0 unspecified atom stereocenters. The Morgan fingerprint density at radius 3 is 2.73 bits per heavy atom. The molecular weight excluding hydrogens is 422 g/mol. The molecule has 0 radical (unpaired) electrons. The van der Waals surface area contributed by atoms with Gasteiger partial charge in [-0.3, -0.25) is 0 Å². The number of carbonyl (C=O) groups is 1. The number of oxazole rings is 1. The van der Waals surface area contributed by atoms with E-state index < -0.39 is 5.60 Å². The molecule has 2 heterocycles. The molecule has 8 heteroatoms. The van der Waals surface area contributed by atoms with E-state index in [0.29, 0.717) is 36.3 Å². The van der Waals surface area contributed by atoms with Crippen LogP contribution in [0.1, 0.15) is 33.3 Å². The SMILES string of the molecule is Cc1c(Cl)cc(Br)c2oc(N3CCN(C(=O)OC(C)(C)C)C[C@@H]3C)nc12. The van der Waals surface area contributed by atoms with Crippen molar-refractivity contribution in [3.63, 3.8) is 0 Å². The second-order valence-electron chi connectivity index (χ2n) is 7.61. The van der Waals surface area contributed by atoms with Gasteiger partial charge >= 0.3 is 6.09 Å². The van der Waals surface area contributed by atoms with Gasteiger partial charge in [0.2, 0.25) is 0 Å². The Bertz CT molecular complexity index is 846. The molecule has 0 saturated carbocycles. The summed E-state index contributed by atoms with van der Waals surface area (Å²) in [6.45, 7) is 11.3. The van der Waals surface area contributed by atoms with E-state index in [1.54, 1.807) is 4.90 Å². The van der Waals surface area contributed by atoms with Crippen LogP contribution in [0, 0.1) is 6.92 Å². The van der Waals surface area contributed by atoms with Crippen LogP contribution in [0.3, 0.4) is 0 Å². The first-order valence-electron chi connectivity index (χ1n) is 8.56. The van der Waals surface area contributed by atoms with Crippen molar-refractivity contribution < 1.29 is 13.9 Å². The van der Waals surface area contributed by atoms with Gasteiger partial charge in [0, 0.05) is 30.7 Å². The van der Waals surface area contributed by atoms with Crippen LogP contribution < -0.4 is 4.90 Å². The van der Waals surface area contributed by atoms with Crippen molar-refractivity contribution in [1.29, 1.82) is 0 Å². The molecule has 1 saturated heterocycles. The zero-order chi connectivity index (χ0) is 19.2. The predicted molar refractivity (Wildman–Crippen MR) is 106 cm³/mol. The topological polar surface area (TPSA) is 58.8 Å². The van der Waals surface area contributed by atoms with E-state index in [2.05, 4.69) is 25.8 Å². The fourth-order valence-corrected chi connectivity index (χ4v) is 3.81. The van der Waals surface area contributed by atoms with Crippen molar-refractivity contribution in [2.24, 2.45) is 0 Å². The van der Waals surface area contributed by atoms with Crippen LogP contribution in [0.5, 0.6) is 0 Å². The number of halogens is 2. The minimum atomic E-state index is -0.499. The third-order valence-electron chi connectivity index (χ3n) is 4.32. The van der Waals surface area contributed by atoms with Crippen molar-refractivity contribution in [3.05, 3.63) is 21.1 Å². The minimum Gasteiger partial charge on any atom is -0.444 e. The van der Waals surface area contributed by atoms with Crippen LogP contribution in [0.15, 0.2) is 15.0 Å². The lowest BCUT2D eigenvalue weighted by atomic mass is 10.2. The van der Waals surface area contributed by atoms with E-state index in [9.17, 15) is 4.79 Å². The number of aryl methyl sites for hydroxylation is 1. The summed E-state index contributed by atoms with van der Waals surface area (Å²) in [6.07, 6.45) is -0.285. The Hall–Kier alpha value is -1.47. The number of amides is 1. The molecule has 0 spiro atoms. The first-order chi connectivity index (χ1) is 12.1. The van der Waals surface area contributed by atoms with Gasteiger partial charge in [0.15, 0.2) is 5.58 Å². The summed E-state index contributed by atoms with van der Waals surface area (Å²) >= 11 is 9.72. The van der Waals surface area contributed by atoms with Crippen molar-refractivity contribution in [3.8, 4) is 0 Å². The first kappa shape index (κ1) is 19.3. The van der Waals surface area contributed by atoms with Gasteiger partial charge in [-0.25, -0.2) is 4.79 Å². The second-order valence-corrected chi connectivity index (χ2v) is 8.87. The predicted octanol–water partition coefficient (Wildman–Crippen LogP) is 5.00. The van der Waals surface area contributed by atoms with Gasteiger partial charge in [0.05, 0.1) is 4.47 Å². The number of carbonyl (C=O) groups excluding carboxylic acids is 1. The van der Waals surface area contributed by atoms with Gasteiger partial charge in [-0.05, 0) is 62.2 Å². The lowest BCUT2D eigenvalue weighted by Crippen LogP contribution is -2.54. The summed E-state index contributed by atoms with van der Waals surface area (Å²) in [4.78, 5) is 20.7. The summed E-state index contributed by atoms with van der Waals surface area (Å²) in [5.74, 6) is 0. The van der Waals surface area contributed by atoms with Crippen molar-refractivity contribution in [2.75, 3.05) is 24.5 Å². The van der Waals surface area contributed by atoms with Crippen LogP contribution in [-0.2, 0) is 4.74 Å². The van der Waals surface area contributed by atoms with Crippen molar-refractivity contribution in [2.45, 2.75) is 46.3 Å². The Kier molecular flexibility index (Phi) is 5.14. The Morgan fingerprint density at radius 2 is 2.12 bits per heavy atom.